The molecule has 3 saturated heterocycles. The highest BCUT2D eigenvalue weighted by Crippen LogP contribution is 2.59. The highest BCUT2D eigenvalue weighted by Gasteiger charge is 2.67. The van der Waals surface area contributed by atoms with Gasteiger partial charge >= 0.3 is 0 Å². The summed E-state index contributed by atoms with van der Waals surface area (Å²) in [7, 11) is 0. The van der Waals surface area contributed by atoms with E-state index < -0.39 is 23.8 Å². The predicted molar refractivity (Wildman–Crippen MR) is 223 cm³/mol. The van der Waals surface area contributed by atoms with E-state index >= 15 is 0 Å². The van der Waals surface area contributed by atoms with Crippen molar-refractivity contribution in [3.8, 4) is 11.8 Å². The van der Waals surface area contributed by atoms with Crippen molar-refractivity contribution in [1.82, 2.24) is 20.0 Å². The Hall–Kier alpha value is -5.45. The maximum atomic E-state index is 13.9. The molecule has 7 aliphatic rings. The normalized spacial score (nSPS) is 26.6. The predicted octanol–water partition coefficient (Wildman–Crippen LogP) is 5.24. The van der Waals surface area contributed by atoms with E-state index in [0.29, 0.717) is 40.0 Å². The summed E-state index contributed by atoms with van der Waals surface area (Å²) < 4.78 is 6.50. The van der Waals surface area contributed by atoms with Crippen molar-refractivity contribution in [3.05, 3.63) is 87.4 Å². The molecule has 5 fully saturated rings. The molecule has 2 aliphatic carbocycles. The van der Waals surface area contributed by atoms with Crippen LogP contribution in [0.25, 0.3) is 0 Å². The largest absolute Gasteiger partial charge is 0.489 e. The molecule has 0 aromatic heterocycles. The van der Waals surface area contributed by atoms with Gasteiger partial charge in [-0.1, -0.05) is 39.3 Å². The van der Waals surface area contributed by atoms with Gasteiger partial charge in [0, 0.05) is 104 Å². The van der Waals surface area contributed by atoms with Crippen LogP contribution in [-0.4, -0.2) is 108 Å². The van der Waals surface area contributed by atoms with E-state index in [-0.39, 0.29) is 53.0 Å². The van der Waals surface area contributed by atoms with Crippen LogP contribution >= 0.6 is 11.6 Å². The minimum atomic E-state index is -0.970. The molecule has 5 heterocycles. The number of amides is 5. The lowest BCUT2D eigenvalue weighted by Gasteiger charge is -2.65. The summed E-state index contributed by atoms with van der Waals surface area (Å²) in [6.07, 6.45) is 2.33. The molecule has 1 N–H and O–H groups in total. The molecule has 1 spiro atoms. The number of nitrogens with zero attached hydrogens (tertiary/aromatic N) is 6. The van der Waals surface area contributed by atoms with E-state index in [1.807, 2.05) is 17.0 Å². The topological polar surface area (TPSA) is 147 Å². The minimum Gasteiger partial charge on any atom is -0.489 e. The number of rotatable bonds is 7. The number of fused-ring (bicyclic) bond motifs is 2. The van der Waals surface area contributed by atoms with E-state index in [1.54, 1.807) is 30.3 Å². The number of carbonyl (C=O) groups is 5. The fourth-order valence-corrected chi connectivity index (χ4v) is 12.4. The quantitative estimate of drug-likeness (QED) is 0.314. The van der Waals surface area contributed by atoms with E-state index in [9.17, 15) is 29.2 Å². The zero-order valence-corrected chi connectivity index (χ0v) is 35.1. The van der Waals surface area contributed by atoms with Crippen molar-refractivity contribution in [2.45, 2.75) is 84.2 Å². The molecule has 2 saturated carbocycles. The second kappa shape index (κ2) is 13.5. The molecule has 1 atom stereocenters. The smallest absolute Gasteiger partial charge is 0.262 e. The average Bonchev–Trinajstić information content (AvgIpc) is 3.62. The van der Waals surface area contributed by atoms with Gasteiger partial charge < -0.3 is 19.4 Å². The second-order valence-electron chi connectivity index (χ2n) is 19.2. The molecule has 14 heteroatoms. The van der Waals surface area contributed by atoms with Crippen LogP contribution in [0, 0.1) is 27.6 Å². The number of carbonyl (C=O) groups excluding carboxylic acids is 5. The van der Waals surface area contributed by atoms with Crippen LogP contribution in [0.2, 0.25) is 5.02 Å². The first kappa shape index (κ1) is 38.7. The Morgan fingerprint density at radius 3 is 2.12 bits per heavy atom. The highest BCUT2D eigenvalue weighted by molar-refractivity contribution is 6.31. The summed E-state index contributed by atoms with van der Waals surface area (Å²) in [4.78, 5) is 74.9. The molecule has 0 bridgehead atoms. The van der Waals surface area contributed by atoms with Crippen molar-refractivity contribution >= 4 is 52.5 Å². The van der Waals surface area contributed by atoms with Crippen LogP contribution < -0.4 is 19.9 Å². The number of nitrogens with one attached hydrogen (secondary N) is 1. The van der Waals surface area contributed by atoms with Crippen molar-refractivity contribution in [3.63, 3.8) is 0 Å². The Morgan fingerprint density at radius 1 is 0.783 bits per heavy atom. The van der Waals surface area contributed by atoms with Crippen molar-refractivity contribution in [2.75, 3.05) is 49.1 Å². The molecule has 60 heavy (non-hydrogen) atoms. The van der Waals surface area contributed by atoms with Gasteiger partial charge in [0.1, 0.15) is 24.0 Å². The summed E-state index contributed by atoms with van der Waals surface area (Å²) in [5.74, 6) is -1.27. The SMILES string of the molecule is CC1(C)C(Oc2ccc(C#N)c(Cl)c2)C(C)(C)C1N1Cc2cc(N3CCN(C4CC5(C4)CN(c4ccc6c(c4)C(=O)N(C4CCC(=O)NC4=O)C6=O)C5)CC3)ccc2C1=O. The Labute approximate surface area is 354 Å². The zero-order valence-electron chi connectivity index (χ0n) is 34.3. The number of halogens is 1. The van der Waals surface area contributed by atoms with E-state index in [1.165, 1.54) is 0 Å². The van der Waals surface area contributed by atoms with Crippen molar-refractivity contribution < 1.29 is 28.7 Å². The monoisotopic (exact) mass is 829 g/mol. The fourth-order valence-electron chi connectivity index (χ4n) is 12.1. The second-order valence-corrected chi connectivity index (χ2v) is 19.6. The number of imide groups is 2. The first-order valence-corrected chi connectivity index (χ1v) is 21.4. The number of nitriles is 1. The Morgan fingerprint density at radius 2 is 1.45 bits per heavy atom. The van der Waals surface area contributed by atoms with Crippen LogP contribution in [0.4, 0.5) is 11.4 Å². The van der Waals surface area contributed by atoms with Gasteiger partial charge in [-0.25, -0.2) is 0 Å². The number of ether oxygens (including phenoxy) is 1. The van der Waals surface area contributed by atoms with Gasteiger partial charge in [0.05, 0.1) is 21.7 Å². The molecule has 10 rings (SSSR count). The van der Waals surface area contributed by atoms with Crippen LogP contribution in [0.5, 0.6) is 5.75 Å². The third-order valence-electron chi connectivity index (χ3n) is 14.7. The number of piperidine rings is 1. The summed E-state index contributed by atoms with van der Waals surface area (Å²) in [6, 6.07) is 18.5. The molecule has 1 unspecified atom stereocenters. The van der Waals surface area contributed by atoms with Gasteiger partial charge in [0.15, 0.2) is 0 Å². The highest BCUT2D eigenvalue weighted by atomic mass is 35.5. The van der Waals surface area contributed by atoms with Crippen LogP contribution in [-0.2, 0) is 16.1 Å². The average molecular weight is 830 g/mol. The van der Waals surface area contributed by atoms with Crippen molar-refractivity contribution in [1.29, 1.82) is 5.26 Å². The summed E-state index contributed by atoms with van der Waals surface area (Å²) in [6.45, 7) is 14.8. The zero-order chi connectivity index (χ0) is 42.0. The number of hydrogen-bond donors (Lipinski definition) is 1. The lowest BCUT2D eigenvalue weighted by molar-refractivity contribution is -0.199. The Balaban J connectivity index is 0.720. The third kappa shape index (κ3) is 5.85. The standard InChI is InChI=1S/C46H48ClN7O6/c1-44(2)42(45(3,4)43(44)60-31-8-5-26(22-48)35(47)19-31)53-23-27-17-28(6-9-32(27)39(53)57)50-13-15-51(16-14-50)30-20-46(21-30)24-52(25-46)29-7-10-33-34(18-29)41(59)54(40(33)58)36-11-12-37(55)49-38(36)56/h5-10,17-19,30,36,42-43H,11-16,20-21,23-25H2,1-4H3,(H,49,55,56). The van der Waals surface area contributed by atoms with Crippen LogP contribution in [0.1, 0.15) is 95.6 Å². The summed E-state index contributed by atoms with van der Waals surface area (Å²) in [5, 5.41) is 11.9. The molecule has 0 radical (unpaired) electrons. The Bertz CT molecular complexity index is 2420. The van der Waals surface area contributed by atoms with E-state index in [4.69, 9.17) is 16.3 Å². The Kier molecular flexibility index (Phi) is 8.73. The minimum absolute atomic E-state index is 0.0367. The first-order chi connectivity index (χ1) is 28.6. The van der Waals surface area contributed by atoms with Gasteiger partial charge in [-0.15, -0.1) is 0 Å². The lowest BCUT2D eigenvalue weighted by atomic mass is 9.49. The lowest BCUT2D eigenvalue weighted by Crippen LogP contribution is -2.74. The maximum absolute atomic E-state index is 13.9. The number of piperazine rings is 1. The number of anilines is 2. The van der Waals surface area contributed by atoms with Gasteiger partial charge in [0.25, 0.3) is 17.7 Å². The molecule has 13 nitrogen and oxygen atoms in total. The van der Waals surface area contributed by atoms with Gasteiger partial charge in [-0.2, -0.15) is 5.26 Å². The van der Waals surface area contributed by atoms with E-state index in [0.717, 1.165) is 79.5 Å². The number of hydrogen-bond acceptors (Lipinski definition) is 10. The molecule has 3 aromatic rings. The van der Waals surface area contributed by atoms with Crippen LogP contribution in [0.15, 0.2) is 54.6 Å². The third-order valence-corrected chi connectivity index (χ3v) is 15.0. The van der Waals surface area contributed by atoms with Gasteiger partial charge in [-0.3, -0.25) is 39.1 Å². The summed E-state index contributed by atoms with van der Waals surface area (Å²) >= 11 is 6.31. The molecular weight excluding hydrogens is 782 g/mol. The molecule has 5 aliphatic heterocycles. The maximum Gasteiger partial charge on any atom is 0.262 e. The summed E-state index contributed by atoms with van der Waals surface area (Å²) in [5.41, 5.74) is 4.53. The molecule has 3 aromatic carbocycles. The van der Waals surface area contributed by atoms with E-state index in [2.05, 4.69) is 65.9 Å². The molecule has 310 valence electrons. The van der Waals surface area contributed by atoms with Crippen LogP contribution in [0.3, 0.4) is 0 Å². The van der Waals surface area contributed by atoms with Crippen molar-refractivity contribution in [2.24, 2.45) is 16.2 Å². The van der Waals surface area contributed by atoms with Gasteiger partial charge in [-0.05, 0) is 73.4 Å². The van der Waals surface area contributed by atoms with Gasteiger partial charge in [0.2, 0.25) is 11.8 Å². The first-order valence-electron chi connectivity index (χ1n) is 21.0. The number of benzene rings is 3. The molecular formula is C46H48ClN7O6. The molecule has 5 amide bonds. The fraction of sp³-hybridized carbons (Fsp3) is 0.478.